The molecule has 0 aliphatic carbocycles. The Bertz CT molecular complexity index is 726. The van der Waals surface area contributed by atoms with Crippen LogP contribution in [0.25, 0.3) is 4.85 Å². The molecule has 6 N–H and O–H groups in total. The highest BCUT2D eigenvalue weighted by molar-refractivity contribution is 5.57. The number of anilines is 2. The number of halogens is 4. The number of nitrogen functional groups attached to an aromatic ring is 2. The first kappa shape index (κ1) is 17.3. The summed E-state index contributed by atoms with van der Waals surface area (Å²) in [5.74, 6) is -3.33. The Hall–Kier alpha value is -2.79. The lowest BCUT2D eigenvalue weighted by Gasteiger charge is -2.02. The quantitative estimate of drug-likeness (QED) is 0.430. The fourth-order valence-corrected chi connectivity index (χ4v) is 1.42. The maximum atomic E-state index is 12.8. The van der Waals surface area contributed by atoms with Crippen LogP contribution in [-0.4, -0.2) is 0 Å². The van der Waals surface area contributed by atoms with Crippen LogP contribution in [0.4, 0.5) is 34.6 Å². The zero-order chi connectivity index (χ0) is 16.9. The molecule has 0 amide bonds. The molecule has 22 heavy (non-hydrogen) atoms. The van der Waals surface area contributed by atoms with Crippen LogP contribution >= 0.6 is 0 Å². The molecule has 0 saturated carbocycles. The molecule has 0 unspecified atom stereocenters. The normalized spacial score (nSPS) is 9.64. The Morgan fingerprint density at radius 3 is 1.86 bits per heavy atom. The van der Waals surface area contributed by atoms with E-state index < -0.39 is 34.6 Å². The zero-order valence-electron chi connectivity index (χ0n) is 11.2. The van der Waals surface area contributed by atoms with Gasteiger partial charge in [0.1, 0.15) is 17.3 Å². The van der Waals surface area contributed by atoms with E-state index in [0.717, 1.165) is 18.2 Å². The molecule has 0 aliphatic rings. The Balaban J connectivity index is 0.000000220. The third kappa shape index (κ3) is 3.65. The fraction of sp³-hybridized carbons (Fsp3) is 0.0714. The molecule has 8 heteroatoms. The molecule has 4 nitrogen and oxygen atoms in total. The van der Waals surface area contributed by atoms with E-state index in [0.29, 0.717) is 0 Å². The standard InChI is InChI=1S/C7H4F2N2.C7H8F2N2/c1-11-5-3-2-4(8)7(10)6(5)9;8-5-2-1-4(3-10)6(9)7(5)11/h2-3H,10H2;1-2H,3,10-11H2. The van der Waals surface area contributed by atoms with Crippen LogP contribution in [0.15, 0.2) is 24.3 Å². The summed E-state index contributed by atoms with van der Waals surface area (Å²) >= 11 is 0. The summed E-state index contributed by atoms with van der Waals surface area (Å²) in [4.78, 5) is 2.80. The van der Waals surface area contributed by atoms with Crippen LogP contribution in [0.2, 0.25) is 0 Å². The maximum Gasteiger partial charge on any atom is 0.224 e. The van der Waals surface area contributed by atoms with Crippen molar-refractivity contribution in [2.45, 2.75) is 6.54 Å². The van der Waals surface area contributed by atoms with Gasteiger partial charge < -0.3 is 17.2 Å². The Morgan fingerprint density at radius 1 is 0.864 bits per heavy atom. The molecule has 0 aromatic heterocycles. The van der Waals surface area contributed by atoms with Crippen molar-refractivity contribution < 1.29 is 17.6 Å². The van der Waals surface area contributed by atoms with Gasteiger partial charge in [-0.1, -0.05) is 12.1 Å². The summed E-state index contributed by atoms with van der Waals surface area (Å²) in [7, 11) is 0. The number of benzene rings is 2. The zero-order valence-corrected chi connectivity index (χ0v) is 11.2. The molecule has 0 heterocycles. The summed E-state index contributed by atoms with van der Waals surface area (Å²) in [6, 6.07) is 4.39. The van der Waals surface area contributed by atoms with E-state index in [1.807, 2.05) is 0 Å². The predicted molar refractivity (Wildman–Crippen MR) is 75.7 cm³/mol. The monoisotopic (exact) mass is 312 g/mol. The molecule has 0 radical (unpaired) electrons. The van der Waals surface area contributed by atoms with Gasteiger partial charge in [0, 0.05) is 12.1 Å². The van der Waals surface area contributed by atoms with Gasteiger partial charge in [-0.05, 0) is 12.1 Å². The van der Waals surface area contributed by atoms with Crippen molar-refractivity contribution in [2.75, 3.05) is 11.5 Å². The minimum absolute atomic E-state index is 0.0241. The molecule has 0 aliphatic heterocycles. The highest BCUT2D eigenvalue weighted by Gasteiger charge is 2.09. The van der Waals surface area contributed by atoms with Crippen LogP contribution in [0.3, 0.4) is 0 Å². The van der Waals surface area contributed by atoms with Gasteiger partial charge in [-0.15, -0.1) is 0 Å². The van der Waals surface area contributed by atoms with E-state index in [1.54, 1.807) is 0 Å². The largest absolute Gasteiger partial charge is 0.395 e. The maximum absolute atomic E-state index is 12.8. The van der Waals surface area contributed by atoms with Crippen molar-refractivity contribution in [2.24, 2.45) is 5.73 Å². The third-order valence-corrected chi connectivity index (χ3v) is 2.65. The van der Waals surface area contributed by atoms with E-state index in [-0.39, 0.29) is 17.8 Å². The van der Waals surface area contributed by atoms with Crippen LogP contribution in [0, 0.1) is 29.8 Å². The summed E-state index contributed by atoms with van der Waals surface area (Å²) in [5, 5.41) is 0. The SMILES string of the molecule is NCc1ccc(F)c(N)c1F.[C-]#[N+]c1ccc(F)c(N)c1F. The van der Waals surface area contributed by atoms with E-state index in [9.17, 15) is 17.6 Å². The van der Waals surface area contributed by atoms with Crippen LogP contribution < -0.4 is 17.2 Å². The molecule has 0 spiro atoms. The minimum atomic E-state index is -0.986. The van der Waals surface area contributed by atoms with Gasteiger partial charge in [-0.2, -0.15) is 0 Å². The van der Waals surface area contributed by atoms with Crippen LogP contribution in [-0.2, 0) is 6.54 Å². The van der Waals surface area contributed by atoms with E-state index >= 15 is 0 Å². The molecule has 116 valence electrons. The molecular formula is C14H12F4N4. The van der Waals surface area contributed by atoms with Crippen LogP contribution in [0.1, 0.15) is 5.56 Å². The van der Waals surface area contributed by atoms with Crippen molar-refractivity contribution in [1.82, 2.24) is 0 Å². The summed E-state index contributed by atoms with van der Waals surface area (Å²) in [6.07, 6.45) is 0. The van der Waals surface area contributed by atoms with E-state index in [2.05, 4.69) is 4.85 Å². The highest BCUT2D eigenvalue weighted by atomic mass is 19.1. The van der Waals surface area contributed by atoms with Crippen molar-refractivity contribution in [3.8, 4) is 0 Å². The average Bonchev–Trinajstić information content (AvgIpc) is 2.51. The van der Waals surface area contributed by atoms with Gasteiger partial charge in [0.05, 0.1) is 12.3 Å². The fourth-order valence-electron chi connectivity index (χ4n) is 1.42. The van der Waals surface area contributed by atoms with Crippen molar-refractivity contribution in [1.29, 1.82) is 0 Å². The summed E-state index contributed by atoms with van der Waals surface area (Å²) in [6.45, 7) is 6.48. The second kappa shape index (κ2) is 7.28. The average molecular weight is 312 g/mol. The molecule has 0 saturated heterocycles. The first-order chi connectivity index (χ1) is 10.3. The van der Waals surface area contributed by atoms with Gasteiger partial charge in [0.25, 0.3) is 0 Å². The van der Waals surface area contributed by atoms with Gasteiger partial charge in [0.2, 0.25) is 5.69 Å². The smallest absolute Gasteiger partial charge is 0.224 e. The van der Waals surface area contributed by atoms with Gasteiger partial charge >= 0.3 is 0 Å². The Labute approximate surface area is 124 Å². The lowest BCUT2D eigenvalue weighted by atomic mass is 10.2. The first-order valence-corrected chi connectivity index (χ1v) is 5.86. The third-order valence-electron chi connectivity index (χ3n) is 2.65. The summed E-state index contributed by atoms with van der Waals surface area (Å²) < 4.78 is 50.4. The van der Waals surface area contributed by atoms with Crippen LogP contribution in [0.5, 0.6) is 0 Å². The second-order valence-corrected chi connectivity index (χ2v) is 4.04. The number of rotatable bonds is 1. The minimum Gasteiger partial charge on any atom is -0.395 e. The molecular weight excluding hydrogens is 300 g/mol. The number of hydrogen-bond acceptors (Lipinski definition) is 3. The van der Waals surface area contributed by atoms with Gasteiger partial charge in [-0.3, -0.25) is 0 Å². The second-order valence-electron chi connectivity index (χ2n) is 4.04. The predicted octanol–water partition coefficient (Wildman–Crippen LogP) is 3.10. The molecule has 2 aromatic carbocycles. The lowest BCUT2D eigenvalue weighted by Crippen LogP contribution is -2.04. The molecule has 2 rings (SSSR count). The molecule has 2 aromatic rings. The first-order valence-electron chi connectivity index (χ1n) is 5.86. The van der Waals surface area contributed by atoms with Gasteiger partial charge in [-0.25, -0.2) is 22.4 Å². The van der Waals surface area contributed by atoms with Crippen molar-refractivity contribution >= 4 is 17.1 Å². The number of hydrogen-bond donors (Lipinski definition) is 3. The summed E-state index contributed by atoms with van der Waals surface area (Å²) in [5.41, 5.74) is 14.1. The van der Waals surface area contributed by atoms with Gasteiger partial charge in [0.15, 0.2) is 11.6 Å². The number of nitrogens with zero attached hydrogens (tertiary/aromatic N) is 1. The lowest BCUT2D eigenvalue weighted by molar-refractivity contribution is 0.581. The molecule has 0 bridgehead atoms. The van der Waals surface area contributed by atoms with Crippen molar-refractivity contribution in [3.63, 3.8) is 0 Å². The molecule has 0 fully saturated rings. The highest BCUT2D eigenvalue weighted by Crippen LogP contribution is 2.24. The molecule has 0 atom stereocenters. The Kier molecular flexibility index (Phi) is 5.72. The van der Waals surface area contributed by atoms with E-state index in [4.69, 9.17) is 23.8 Å². The topological polar surface area (TPSA) is 82.4 Å². The van der Waals surface area contributed by atoms with Crippen molar-refractivity contribution in [3.05, 3.63) is 64.5 Å². The Morgan fingerprint density at radius 2 is 1.36 bits per heavy atom. The van der Waals surface area contributed by atoms with E-state index in [1.165, 1.54) is 6.07 Å². The number of nitrogens with two attached hydrogens (primary N) is 3.